The summed E-state index contributed by atoms with van der Waals surface area (Å²) in [7, 11) is -1.91. The summed E-state index contributed by atoms with van der Waals surface area (Å²) in [6, 6.07) is 16.8. The van der Waals surface area contributed by atoms with Gasteiger partial charge in [0.15, 0.2) is 0 Å². The maximum atomic E-state index is 12.4. The maximum Gasteiger partial charge on any atom is 0.407 e. The third-order valence-corrected chi connectivity index (χ3v) is 10.3. The molecule has 32 heavy (non-hydrogen) atoms. The Hall–Kier alpha value is -2.57. The summed E-state index contributed by atoms with van der Waals surface area (Å²) in [5.41, 5.74) is 2.45. The van der Waals surface area contributed by atoms with Gasteiger partial charge in [-0.3, -0.25) is 0 Å². The molecule has 1 amide bonds. The highest BCUT2D eigenvalue weighted by atomic mass is 28.4. The Morgan fingerprint density at radius 1 is 1.06 bits per heavy atom. The van der Waals surface area contributed by atoms with Crippen molar-refractivity contribution >= 4 is 14.4 Å². The van der Waals surface area contributed by atoms with Crippen LogP contribution in [-0.2, 0) is 17.8 Å². The smallest absolute Gasteiger partial charge is 0.407 e. The lowest BCUT2D eigenvalue weighted by Gasteiger charge is -2.36. The molecule has 2 N–H and O–H groups in total. The third-order valence-electron chi connectivity index (χ3n) is 5.96. The molecular formula is C26H37NO4Si. The van der Waals surface area contributed by atoms with Crippen LogP contribution in [0.25, 0.3) is 0 Å². The van der Waals surface area contributed by atoms with Crippen LogP contribution in [0.2, 0.25) is 18.1 Å². The van der Waals surface area contributed by atoms with E-state index >= 15 is 0 Å². The fraction of sp³-hybridized carbons (Fsp3) is 0.423. The zero-order chi connectivity index (χ0) is 23.9. The summed E-state index contributed by atoms with van der Waals surface area (Å²) in [5, 5.41) is 13.5. The number of aliphatic hydroxyl groups excluding tert-OH is 1. The van der Waals surface area contributed by atoms with E-state index in [9.17, 15) is 9.90 Å². The van der Waals surface area contributed by atoms with Gasteiger partial charge in [0.2, 0.25) is 8.32 Å². The number of aliphatic hydroxyl groups is 1. The SMILES string of the molecule is C=C(C)[C@H](O)[C@H](Cc1ccc(O[Si](C)(C)C(C)(C)C)cc1)NC(=O)OCc1ccccc1. The van der Waals surface area contributed by atoms with E-state index < -0.39 is 26.6 Å². The number of nitrogens with one attached hydrogen (secondary N) is 1. The van der Waals surface area contributed by atoms with Crippen molar-refractivity contribution in [1.82, 2.24) is 5.32 Å². The van der Waals surface area contributed by atoms with Crippen LogP contribution >= 0.6 is 0 Å². The summed E-state index contributed by atoms with van der Waals surface area (Å²) in [5.74, 6) is 0.840. The van der Waals surface area contributed by atoms with Gasteiger partial charge in [0.05, 0.1) is 12.1 Å². The minimum Gasteiger partial charge on any atom is -0.544 e. The molecule has 2 atom stereocenters. The fourth-order valence-corrected chi connectivity index (χ4v) is 3.93. The lowest BCUT2D eigenvalue weighted by atomic mass is 9.97. The summed E-state index contributed by atoms with van der Waals surface area (Å²) in [4.78, 5) is 12.4. The van der Waals surface area contributed by atoms with Crippen molar-refractivity contribution in [1.29, 1.82) is 0 Å². The first-order valence-electron chi connectivity index (χ1n) is 11.0. The van der Waals surface area contributed by atoms with Crippen molar-refractivity contribution in [2.45, 2.75) is 71.0 Å². The molecule has 2 aromatic rings. The monoisotopic (exact) mass is 455 g/mol. The second kappa shape index (κ2) is 10.8. The molecule has 0 spiro atoms. The van der Waals surface area contributed by atoms with E-state index in [1.807, 2.05) is 54.6 Å². The fourth-order valence-electron chi connectivity index (χ4n) is 2.90. The summed E-state index contributed by atoms with van der Waals surface area (Å²) in [6.07, 6.45) is -1.02. The predicted octanol–water partition coefficient (Wildman–Crippen LogP) is 5.85. The standard InChI is InChI=1S/C26H37NO4Si/c1-19(2)24(28)23(27-25(29)30-18-21-11-9-8-10-12-21)17-20-13-15-22(16-14-20)31-32(6,7)26(3,4)5/h8-16,23-24,28H,1,17-18H2,2-7H3,(H,27,29)/t23-,24-/m0/s1. The molecule has 2 aromatic carbocycles. The zero-order valence-electron chi connectivity index (χ0n) is 20.1. The largest absolute Gasteiger partial charge is 0.544 e. The molecule has 0 saturated carbocycles. The van der Waals surface area contributed by atoms with Gasteiger partial charge in [0.25, 0.3) is 0 Å². The van der Waals surface area contributed by atoms with Gasteiger partial charge in [-0.1, -0.05) is 75.4 Å². The number of amides is 1. The highest BCUT2D eigenvalue weighted by Gasteiger charge is 2.38. The van der Waals surface area contributed by atoms with Crippen LogP contribution in [0.3, 0.4) is 0 Å². The van der Waals surface area contributed by atoms with Crippen LogP contribution < -0.4 is 9.74 Å². The molecule has 0 unspecified atom stereocenters. The minimum atomic E-state index is -1.91. The lowest BCUT2D eigenvalue weighted by molar-refractivity contribution is 0.115. The van der Waals surface area contributed by atoms with Gasteiger partial charge in [-0.25, -0.2) is 4.79 Å². The van der Waals surface area contributed by atoms with E-state index in [4.69, 9.17) is 9.16 Å². The number of rotatable bonds is 9. The van der Waals surface area contributed by atoms with Gasteiger partial charge < -0.3 is 19.6 Å². The summed E-state index contributed by atoms with van der Waals surface area (Å²) in [6.45, 7) is 16.8. The Kier molecular flexibility index (Phi) is 8.70. The van der Waals surface area contributed by atoms with Crippen LogP contribution in [0.4, 0.5) is 4.79 Å². The summed E-state index contributed by atoms with van der Waals surface area (Å²) >= 11 is 0. The molecule has 0 radical (unpaired) electrons. The van der Waals surface area contributed by atoms with Crippen molar-refractivity contribution in [2.75, 3.05) is 0 Å². The van der Waals surface area contributed by atoms with Crippen molar-refractivity contribution in [3.05, 3.63) is 77.9 Å². The topological polar surface area (TPSA) is 67.8 Å². The number of alkyl carbamates (subject to hydrolysis) is 1. The predicted molar refractivity (Wildman–Crippen MR) is 132 cm³/mol. The molecule has 2 rings (SSSR count). The average molecular weight is 456 g/mol. The Bertz CT molecular complexity index is 888. The Morgan fingerprint density at radius 3 is 2.19 bits per heavy atom. The molecule has 174 valence electrons. The van der Waals surface area contributed by atoms with E-state index in [0.717, 1.165) is 16.9 Å². The van der Waals surface area contributed by atoms with Crippen LogP contribution in [0.15, 0.2) is 66.7 Å². The summed E-state index contributed by atoms with van der Waals surface area (Å²) < 4.78 is 11.7. The zero-order valence-corrected chi connectivity index (χ0v) is 21.1. The molecule has 0 fully saturated rings. The van der Waals surface area contributed by atoms with Gasteiger partial charge in [0, 0.05) is 0 Å². The molecule has 0 aromatic heterocycles. The van der Waals surface area contributed by atoms with Gasteiger partial charge in [-0.2, -0.15) is 0 Å². The first-order chi connectivity index (χ1) is 14.9. The lowest BCUT2D eigenvalue weighted by Crippen LogP contribution is -2.45. The second-order valence-electron chi connectivity index (χ2n) is 9.81. The van der Waals surface area contributed by atoms with E-state index in [-0.39, 0.29) is 11.6 Å². The van der Waals surface area contributed by atoms with E-state index in [1.165, 1.54) is 0 Å². The van der Waals surface area contributed by atoms with Crippen molar-refractivity contribution < 1.29 is 19.1 Å². The van der Waals surface area contributed by atoms with Gasteiger partial charge >= 0.3 is 6.09 Å². The molecule has 0 bridgehead atoms. The van der Waals surface area contributed by atoms with Gasteiger partial charge in [-0.05, 0) is 54.7 Å². The molecule has 0 saturated heterocycles. The van der Waals surface area contributed by atoms with Crippen molar-refractivity contribution in [3.8, 4) is 5.75 Å². The second-order valence-corrected chi connectivity index (χ2v) is 14.5. The Labute approximate surface area is 193 Å². The highest BCUT2D eigenvalue weighted by Crippen LogP contribution is 2.37. The molecule has 6 heteroatoms. The molecule has 0 heterocycles. The third kappa shape index (κ3) is 7.53. The highest BCUT2D eigenvalue weighted by molar-refractivity contribution is 6.74. The van der Waals surface area contributed by atoms with E-state index in [0.29, 0.717) is 12.0 Å². The van der Waals surface area contributed by atoms with Crippen molar-refractivity contribution in [3.63, 3.8) is 0 Å². The molecule has 0 aliphatic carbocycles. The molecule has 0 aliphatic rings. The van der Waals surface area contributed by atoms with Gasteiger partial charge in [-0.15, -0.1) is 0 Å². The number of carbonyl (C=O) groups is 1. The Morgan fingerprint density at radius 2 is 1.66 bits per heavy atom. The number of hydrogen-bond donors (Lipinski definition) is 2. The van der Waals surface area contributed by atoms with E-state index in [2.05, 4.69) is 45.8 Å². The van der Waals surface area contributed by atoms with Crippen LogP contribution in [0.1, 0.15) is 38.8 Å². The Balaban J connectivity index is 2.03. The van der Waals surface area contributed by atoms with Crippen LogP contribution in [-0.4, -0.2) is 31.7 Å². The quantitative estimate of drug-likeness (QED) is 0.368. The van der Waals surface area contributed by atoms with E-state index in [1.54, 1.807) is 6.92 Å². The van der Waals surface area contributed by atoms with Crippen molar-refractivity contribution in [2.24, 2.45) is 0 Å². The first kappa shape index (κ1) is 25.7. The number of ether oxygens (including phenoxy) is 1. The van der Waals surface area contributed by atoms with Crippen LogP contribution in [0.5, 0.6) is 5.75 Å². The van der Waals surface area contributed by atoms with Crippen LogP contribution in [0, 0.1) is 0 Å². The molecule has 0 aliphatic heterocycles. The molecular weight excluding hydrogens is 418 g/mol. The maximum absolute atomic E-state index is 12.4. The number of hydrogen-bond acceptors (Lipinski definition) is 4. The minimum absolute atomic E-state index is 0.117. The number of benzene rings is 2. The first-order valence-corrected chi connectivity index (χ1v) is 13.9. The normalized spacial score (nSPS) is 13.7. The average Bonchev–Trinajstić information content (AvgIpc) is 2.72. The molecule has 5 nitrogen and oxygen atoms in total. The van der Waals surface area contributed by atoms with Gasteiger partial charge in [0.1, 0.15) is 12.4 Å². The number of carbonyl (C=O) groups excluding carboxylic acids is 1.